The zero-order valence-corrected chi connectivity index (χ0v) is 11.3. The SMILES string of the molecule is C=CCC1(CC(=O)NC)C(=O)N(C)c2ccccc21. The number of benzene rings is 1. The van der Waals surface area contributed by atoms with Crippen LogP contribution in [0.4, 0.5) is 5.69 Å². The van der Waals surface area contributed by atoms with E-state index < -0.39 is 5.41 Å². The molecular weight excluding hydrogens is 240 g/mol. The third kappa shape index (κ3) is 1.93. The van der Waals surface area contributed by atoms with Crippen LogP contribution in [0, 0.1) is 0 Å². The zero-order chi connectivity index (χ0) is 14.0. The molecule has 4 heteroatoms. The van der Waals surface area contributed by atoms with Crippen LogP contribution in [0.3, 0.4) is 0 Å². The molecule has 1 atom stereocenters. The van der Waals surface area contributed by atoms with Crippen LogP contribution in [0.2, 0.25) is 0 Å². The van der Waals surface area contributed by atoms with Crippen molar-refractivity contribution in [3.05, 3.63) is 42.5 Å². The van der Waals surface area contributed by atoms with Crippen molar-refractivity contribution in [3.63, 3.8) is 0 Å². The molecular formula is C15H18N2O2. The van der Waals surface area contributed by atoms with Crippen LogP contribution < -0.4 is 10.2 Å². The smallest absolute Gasteiger partial charge is 0.238 e. The fourth-order valence-corrected chi connectivity index (χ4v) is 2.77. The summed E-state index contributed by atoms with van der Waals surface area (Å²) in [5, 5.41) is 2.60. The molecule has 2 amide bonds. The molecule has 1 aliphatic heterocycles. The van der Waals surface area contributed by atoms with Gasteiger partial charge in [-0.05, 0) is 18.1 Å². The number of carbonyl (C=O) groups is 2. The van der Waals surface area contributed by atoms with Crippen molar-refractivity contribution < 1.29 is 9.59 Å². The molecule has 19 heavy (non-hydrogen) atoms. The van der Waals surface area contributed by atoms with E-state index in [1.165, 1.54) is 0 Å². The number of rotatable bonds is 4. The minimum Gasteiger partial charge on any atom is -0.359 e. The fourth-order valence-electron chi connectivity index (χ4n) is 2.77. The van der Waals surface area contributed by atoms with Gasteiger partial charge in [0.25, 0.3) is 0 Å². The number of hydrogen-bond donors (Lipinski definition) is 1. The Morgan fingerprint density at radius 1 is 1.47 bits per heavy atom. The molecule has 1 N–H and O–H groups in total. The average Bonchev–Trinajstić information content (AvgIpc) is 2.63. The summed E-state index contributed by atoms with van der Waals surface area (Å²) in [7, 11) is 3.33. The maximum atomic E-state index is 12.6. The first-order chi connectivity index (χ1) is 9.06. The van der Waals surface area contributed by atoms with Gasteiger partial charge in [0.1, 0.15) is 0 Å². The Morgan fingerprint density at radius 2 is 2.16 bits per heavy atom. The van der Waals surface area contributed by atoms with Crippen molar-refractivity contribution in [2.75, 3.05) is 19.0 Å². The highest BCUT2D eigenvalue weighted by molar-refractivity contribution is 6.09. The monoisotopic (exact) mass is 258 g/mol. The maximum absolute atomic E-state index is 12.6. The Kier molecular flexibility index (Phi) is 3.42. The highest BCUT2D eigenvalue weighted by atomic mass is 16.2. The van der Waals surface area contributed by atoms with E-state index in [2.05, 4.69) is 11.9 Å². The molecule has 1 aromatic rings. The topological polar surface area (TPSA) is 49.4 Å². The summed E-state index contributed by atoms with van der Waals surface area (Å²) in [5.41, 5.74) is 0.969. The molecule has 0 aromatic heterocycles. The van der Waals surface area contributed by atoms with Crippen LogP contribution >= 0.6 is 0 Å². The van der Waals surface area contributed by atoms with E-state index in [9.17, 15) is 9.59 Å². The maximum Gasteiger partial charge on any atom is 0.238 e. The molecule has 0 radical (unpaired) electrons. The highest BCUT2D eigenvalue weighted by Crippen LogP contribution is 2.45. The van der Waals surface area contributed by atoms with E-state index in [1.807, 2.05) is 24.3 Å². The second kappa shape index (κ2) is 4.88. The van der Waals surface area contributed by atoms with Crippen molar-refractivity contribution in [2.45, 2.75) is 18.3 Å². The van der Waals surface area contributed by atoms with Crippen LogP contribution in [-0.2, 0) is 15.0 Å². The van der Waals surface area contributed by atoms with E-state index in [0.717, 1.165) is 11.3 Å². The average molecular weight is 258 g/mol. The van der Waals surface area contributed by atoms with Gasteiger partial charge in [-0.15, -0.1) is 6.58 Å². The van der Waals surface area contributed by atoms with Gasteiger partial charge >= 0.3 is 0 Å². The fraction of sp³-hybridized carbons (Fsp3) is 0.333. The number of hydrogen-bond acceptors (Lipinski definition) is 2. The largest absolute Gasteiger partial charge is 0.359 e. The first-order valence-corrected chi connectivity index (χ1v) is 6.26. The Bertz CT molecular complexity index is 539. The van der Waals surface area contributed by atoms with Crippen LogP contribution in [0.5, 0.6) is 0 Å². The summed E-state index contributed by atoms with van der Waals surface area (Å²) < 4.78 is 0. The first kappa shape index (κ1) is 13.3. The molecule has 2 rings (SSSR count). The van der Waals surface area contributed by atoms with E-state index in [0.29, 0.717) is 6.42 Å². The van der Waals surface area contributed by atoms with Gasteiger partial charge in [-0.25, -0.2) is 0 Å². The van der Waals surface area contributed by atoms with E-state index in [4.69, 9.17) is 0 Å². The summed E-state index contributed by atoms with van der Waals surface area (Å²) in [4.78, 5) is 26.0. The van der Waals surface area contributed by atoms with Crippen molar-refractivity contribution in [3.8, 4) is 0 Å². The van der Waals surface area contributed by atoms with Gasteiger partial charge in [0.15, 0.2) is 0 Å². The molecule has 0 fully saturated rings. The van der Waals surface area contributed by atoms with Gasteiger partial charge in [0.2, 0.25) is 11.8 Å². The lowest BCUT2D eigenvalue weighted by molar-refractivity contribution is -0.129. The summed E-state index contributed by atoms with van der Waals surface area (Å²) in [5.74, 6) is -0.183. The predicted octanol–water partition coefficient (Wildman–Crippen LogP) is 1.61. The highest BCUT2D eigenvalue weighted by Gasteiger charge is 2.49. The van der Waals surface area contributed by atoms with Gasteiger partial charge in [0, 0.05) is 26.2 Å². The van der Waals surface area contributed by atoms with Crippen LogP contribution in [-0.4, -0.2) is 25.9 Å². The second-order valence-electron chi connectivity index (χ2n) is 4.81. The number of carbonyl (C=O) groups excluding carboxylic acids is 2. The van der Waals surface area contributed by atoms with Crippen molar-refractivity contribution in [1.29, 1.82) is 0 Å². The summed E-state index contributed by atoms with van der Waals surface area (Å²) in [6.45, 7) is 3.73. The zero-order valence-electron chi connectivity index (χ0n) is 11.3. The minimum absolute atomic E-state index is 0.0443. The quantitative estimate of drug-likeness (QED) is 0.834. The number of nitrogens with zero attached hydrogens (tertiary/aromatic N) is 1. The Labute approximate surface area is 113 Å². The number of allylic oxidation sites excluding steroid dienone is 1. The van der Waals surface area contributed by atoms with Crippen LogP contribution in [0.25, 0.3) is 0 Å². The molecule has 1 unspecified atom stereocenters. The van der Waals surface area contributed by atoms with Crippen LogP contribution in [0.15, 0.2) is 36.9 Å². The molecule has 0 aliphatic carbocycles. The molecule has 0 bridgehead atoms. The molecule has 1 aliphatic rings. The molecule has 0 saturated carbocycles. The molecule has 100 valence electrons. The third-order valence-electron chi connectivity index (χ3n) is 3.73. The normalized spacial score (nSPS) is 21.2. The van der Waals surface area contributed by atoms with E-state index in [-0.39, 0.29) is 18.2 Å². The molecule has 4 nitrogen and oxygen atoms in total. The van der Waals surface area contributed by atoms with Gasteiger partial charge in [-0.1, -0.05) is 24.3 Å². The van der Waals surface area contributed by atoms with Gasteiger partial charge in [-0.3, -0.25) is 9.59 Å². The van der Waals surface area contributed by atoms with E-state index >= 15 is 0 Å². The Balaban J connectivity index is 2.56. The lowest BCUT2D eigenvalue weighted by atomic mass is 9.75. The van der Waals surface area contributed by atoms with Crippen molar-refractivity contribution in [2.24, 2.45) is 0 Å². The summed E-state index contributed by atoms with van der Waals surface area (Å²) in [6.07, 6.45) is 2.31. The molecule has 1 heterocycles. The number of nitrogens with one attached hydrogen (secondary N) is 1. The van der Waals surface area contributed by atoms with Gasteiger partial charge in [-0.2, -0.15) is 0 Å². The molecule has 0 saturated heterocycles. The van der Waals surface area contributed by atoms with Gasteiger partial charge < -0.3 is 10.2 Å². The van der Waals surface area contributed by atoms with Crippen molar-refractivity contribution >= 4 is 17.5 Å². The number of anilines is 1. The predicted molar refractivity (Wildman–Crippen MR) is 75.0 cm³/mol. The Hall–Kier alpha value is -2.10. The second-order valence-corrected chi connectivity index (χ2v) is 4.81. The molecule has 0 spiro atoms. The lowest BCUT2D eigenvalue weighted by Crippen LogP contribution is -2.42. The van der Waals surface area contributed by atoms with Crippen LogP contribution in [0.1, 0.15) is 18.4 Å². The first-order valence-electron chi connectivity index (χ1n) is 6.26. The third-order valence-corrected chi connectivity index (χ3v) is 3.73. The van der Waals surface area contributed by atoms with E-state index in [1.54, 1.807) is 25.1 Å². The Morgan fingerprint density at radius 3 is 2.79 bits per heavy atom. The van der Waals surface area contributed by atoms with Crippen molar-refractivity contribution in [1.82, 2.24) is 5.32 Å². The van der Waals surface area contributed by atoms with Gasteiger partial charge in [0.05, 0.1) is 5.41 Å². The number of amides is 2. The lowest BCUT2D eigenvalue weighted by Gasteiger charge is -2.26. The standard InChI is InChI=1S/C15H18N2O2/c1-4-9-15(10-13(18)16-2)11-7-5-6-8-12(11)17(3)14(15)19/h4-8H,1,9-10H2,2-3H3,(H,16,18). The number of likely N-dealkylation sites (N-methyl/N-ethyl adjacent to an activating group) is 1. The summed E-state index contributed by atoms with van der Waals surface area (Å²) in [6, 6.07) is 7.62. The number of fused-ring (bicyclic) bond motifs is 1. The minimum atomic E-state index is -0.812. The summed E-state index contributed by atoms with van der Waals surface area (Å²) >= 11 is 0. The number of para-hydroxylation sites is 1. The molecule has 1 aromatic carbocycles.